The minimum atomic E-state index is -0.0963. The average Bonchev–Trinajstić information content (AvgIpc) is 2.56. The Morgan fingerprint density at radius 1 is 1.25 bits per heavy atom. The van der Waals surface area contributed by atoms with Gasteiger partial charge >= 0.3 is 0 Å². The van der Waals surface area contributed by atoms with Crippen LogP contribution in [0.15, 0.2) is 48.5 Å². The second-order valence-electron chi connectivity index (χ2n) is 5.53. The number of ether oxygens (including phenoxy) is 1. The fourth-order valence-corrected chi connectivity index (χ4v) is 3.06. The number of anilines is 1. The number of benzene rings is 2. The monoisotopic (exact) mass is 363 g/mol. The summed E-state index contributed by atoms with van der Waals surface area (Å²) < 4.78 is 5.64. The lowest BCUT2D eigenvalue weighted by Crippen LogP contribution is -2.23. The normalized spacial score (nSPS) is 11.8. The molecule has 2 rings (SSSR count). The summed E-state index contributed by atoms with van der Waals surface area (Å²) in [6, 6.07) is 15.1. The van der Waals surface area contributed by atoms with Gasteiger partial charge in [0, 0.05) is 10.7 Å². The summed E-state index contributed by atoms with van der Waals surface area (Å²) in [6.45, 7) is 4.56. The highest BCUT2D eigenvalue weighted by atomic mass is 35.5. The Labute approximate surface area is 152 Å². The van der Waals surface area contributed by atoms with Gasteiger partial charge in [0.05, 0.1) is 11.9 Å². The standard InChI is InChI=1S/C19H22ClNO2S/c1-14-5-3-6-17(13-14)21-19(22)15(2)24-12-4-11-23-18-9-7-16(20)8-10-18/h3,5-10,13,15H,4,11-12H2,1-2H3,(H,21,22). The topological polar surface area (TPSA) is 38.3 Å². The van der Waals surface area contributed by atoms with Gasteiger partial charge in [0.25, 0.3) is 0 Å². The van der Waals surface area contributed by atoms with E-state index in [4.69, 9.17) is 16.3 Å². The minimum absolute atomic E-state index is 0.0317. The van der Waals surface area contributed by atoms with Gasteiger partial charge in [-0.2, -0.15) is 0 Å². The largest absolute Gasteiger partial charge is 0.494 e. The lowest BCUT2D eigenvalue weighted by molar-refractivity contribution is -0.115. The summed E-state index contributed by atoms with van der Waals surface area (Å²) in [7, 11) is 0. The summed E-state index contributed by atoms with van der Waals surface area (Å²) in [5.41, 5.74) is 1.98. The van der Waals surface area contributed by atoms with Crippen molar-refractivity contribution in [1.82, 2.24) is 0 Å². The molecule has 3 nitrogen and oxygen atoms in total. The number of hydrogen-bond donors (Lipinski definition) is 1. The van der Waals surface area contributed by atoms with Gasteiger partial charge in [-0.3, -0.25) is 4.79 Å². The van der Waals surface area contributed by atoms with Crippen LogP contribution < -0.4 is 10.1 Å². The van der Waals surface area contributed by atoms with Crippen molar-refractivity contribution in [3.63, 3.8) is 0 Å². The molecule has 0 radical (unpaired) electrons. The molecule has 0 bridgehead atoms. The van der Waals surface area contributed by atoms with E-state index >= 15 is 0 Å². The van der Waals surface area contributed by atoms with E-state index in [1.807, 2.05) is 62.4 Å². The lowest BCUT2D eigenvalue weighted by Gasteiger charge is -2.12. The average molecular weight is 364 g/mol. The van der Waals surface area contributed by atoms with Gasteiger partial charge in [-0.1, -0.05) is 23.7 Å². The van der Waals surface area contributed by atoms with E-state index in [2.05, 4.69) is 5.32 Å². The van der Waals surface area contributed by atoms with Gasteiger partial charge in [-0.05, 0) is 68.0 Å². The molecule has 0 aliphatic heterocycles. The van der Waals surface area contributed by atoms with Gasteiger partial charge in [0.1, 0.15) is 5.75 Å². The van der Waals surface area contributed by atoms with Crippen molar-refractivity contribution in [2.24, 2.45) is 0 Å². The Bertz CT molecular complexity index is 661. The first-order valence-corrected chi connectivity index (χ1v) is 9.35. The fraction of sp³-hybridized carbons (Fsp3) is 0.316. The van der Waals surface area contributed by atoms with Crippen molar-refractivity contribution in [2.75, 3.05) is 17.7 Å². The number of hydrogen-bond acceptors (Lipinski definition) is 3. The SMILES string of the molecule is Cc1cccc(NC(=O)C(C)SCCCOc2ccc(Cl)cc2)c1. The lowest BCUT2D eigenvalue weighted by atomic mass is 10.2. The van der Waals surface area contributed by atoms with E-state index in [1.54, 1.807) is 11.8 Å². The van der Waals surface area contributed by atoms with Crippen LogP contribution >= 0.6 is 23.4 Å². The molecular weight excluding hydrogens is 342 g/mol. The molecular formula is C19H22ClNO2S. The fourth-order valence-electron chi connectivity index (χ4n) is 2.08. The Kier molecular flexibility index (Phi) is 7.47. The van der Waals surface area contributed by atoms with Crippen LogP contribution in [0.25, 0.3) is 0 Å². The van der Waals surface area contributed by atoms with Crippen LogP contribution in [0.2, 0.25) is 5.02 Å². The zero-order valence-electron chi connectivity index (χ0n) is 13.9. The summed E-state index contributed by atoms with van der Waals surface area (Å²) in [6.07, 6.45) is 0.884. The Morgan fingerprint density at radius 2 is 2.00 bits per heavy atom. The highest BCUT2D eigenvalue weighted by molar-refractivity contribution is 8.00. The molecule has 0 saturated carbocycles. The second kappa shape index (κ2) is 9.60. The number of carbonyl (C=O) groups excluding carboxylic acids is 1. The van der Waals surface area contributed by atoms with E-state index in [-0.39, 0.29) is 11.2 Å². The van der Waals surface area contributed by atoms with Crippen molar-refractivity contribution < 1.29 is 9.53 Å². The van der Waals surface area contributed by atoms with Gasteiger partial charge < -0.3 is 10.1 Å². The second-order valence-corrected chi connectivity index (χ2v) is 7.41. The number of halogens is 1. The summed E-state index contributed by atoms with van der Waals surface area (Å²) in [4.78, 5) is 12.2. The summed E-state index contributed by atoms with van der Waals surface area (Å²) in [5.74, 6) is 1.72. The number of nitrogens with one attached hydrogen (secondary N) is 1. The smallest absolute Gasteiger partial charge is 0.237 e. The van der Waals surface area contributed by atoms with Gasteiger partial charge in [0.2, 0.25) is 5.91 Å². The highest BCUT2D eigenvalue weighted by Gasteiger charge is 2.13. The number of thioether (sulfide) groups is 1. The third kappa shape index (κ3) is 6.46. The Morgan fingerprint density at radius 3 is 2.71 bits per heavy atom. The molecule has 0 aliphatic rings. The van der Waals surface area contributed by atoms with Gasteiger partial charge in [-0.25, -0.2) is 0 Å². The van der Waals surface area contributed by atoms with Crippen LogP contribution in [0.3, 0.4) is 0 Å². The number of aryl methyl sites for hydroxylation is 1. The molecule has 1 atom stereocenters. The minimum Gasteiger partial charge on any atom is -0.494 e. The van der Waals surface area contributed by atoms with Crippen molar-refractivity contribution >= 4 is 35.0 Å². The molecule has 0 heterocycles. The molecule has 0 spiro atoms. The van der Waals surface area contributed by atoms with Gasteiger partial charge in [0.15, 0.2) is 0 Å². The zero-order valence-corrected chi connectivity index (χ0v) is 15.5. The van der Waals surface area contributed by atoms with Crippen LogP contribution in [-0.4, -0.2) is 23.5 Å². The van der Waals surface area contributed by atoms with E-state index in [1.165, 1.54) is 0 Å². The molecule has 0 aromatic heterocycles. The van der Waals surface area contributed by atoms with Crippen molar-refractivity contribution in [1.29, 1.82) is 0 Å². The molecule has 128 valence electrons. The third-order valence-electron chi connectivity index (χ3n) is 3.39. The molecule has 0 saturated heterocycles. The quantitative estimate of drug-likeness (QED) is 0.657. The maximum atomic E-state index is 12.2. The summed E-state index contributed by atoms with van der Waals surface area (Å²) >= 11 is 7.46. The molecule has 24 heavy (non-hydrogen) atoms. The van der Waals surface area contributed by atoms with Gasteiger partial charge in [-0.15, -0.1) is 11.8 Å². The predicted molar refractivity (Wildman–Crippen MR) is 103 cm³/mol. The van der Waals surface area contributed by atoms with E-state index in [0.29, 0.717) is 11.6 Å². The highest BCUT2D eigenvalue weighted by Crippen LogP contribution is 2.18. The molecule has 2 aromatic rings. The molecule has 5 heteroatoms. The predicted octanol–water partition coefficient (Wildman–Crippen LogP) is 5.18. The molecule has 0 aliphatic carbocycles. The zero-order chi connectivity index (χ0) is 17.4. The van der Waals surface area contributed by atoms with E-state index in [9.17, 15) is 4.79 Å². The van der Waals surface area contributed by atoms with Crippen LogP contribution in [0, 0.1) is 6.92 Å². The van der Waals surface area contributed by atoms with Crippen LogP contribution in [0.1, 0.15) is 18.9 Å². The van der Waals surface area contributed by atoms with Crippen LogP contribution in [0.4, 0.5) is 5.69 Å². The van der Waals surface area contributed by atoms with E-state index in [0.717, 1.165) is 29.2 Å². The molecule has 1 unspecified atom stereocenters. The molecule has 1 amide bonds. The first-order valence-electron chi connectivity index (χ1n) is 7.92. The Hall–Kier alpha value is -1.65. The number of rotatable bonds is 8. The first-order chi connectivity index (χ1) is 11.5. The first kappa shape index (κ1) is 18.7. The maximum Gasteiger partial charge on any atom is 0.237 e. The maximum absolute atomic E-state index is 12.2. The number of carbonyl (C=O) groups is 1. The van der Waals surface area contributed by atoms with Crippen molar-refractivity contribution in [2.45, 2.75) is 25.5 Å². The molecule has 1 N–H and O–H groups in total. The number of amides is 1. The molecule has 2 aromatic carbocycles. The summed E-state index contributed by atoms with van der Waals surface area (Å²) in [5, 5.41) is 3.56. The Balaban J connectivity index is 1.64. The van der Waals surface area contributed by atoms with Crippen molar-refractivity contribution in [3.05, 3.63) is 59.1 Å². The third-order valence-corrected chi connectivity index (χ3v) is 4.88. The van der Waals surface area contributed by atoms with Crippen LogP contribution in [-0.2, 0) is 4.79 Å². The molecule has 0 fully saturated rings. The van der Waals surface area contributed by atoms with E-state index < -0.39 is 0 Å². The van der Waals surface area contributed by atoms with Crippen LogP contribution in [0.5, 0.6) is 5.75 Å². The van der Waals surface area contributed by atoms with Crippen molar-refractivity contribution in [3.8, 4) is 5.75 Å².